The lowest BCUT2D eigenvalue weighted by Gasteiger charge is -2.09. The number of benzene rings is 1. The third kappa shape index (κ3) is 3.19. The first-order valence-corrected chi connectivity index (χ1v) is 6.17. The minimum Gasteiger partial charge on any atom is -0.618 e. The zero-order valence-corrected chi connectivity index (χ0v) is 11.5. The van der Waals surface area contributed by atoms with Gasteiger partial charge in [-0.2, -0.15) is 4.73 Å². The number of esters is 1. The number of carbonyl (C=O) groups excluding carboxylic acids is 1. The lowest BCUT2D eigenvalue weighted by atomic mass is 10.2. The Morgan fingerprint density at radius 2 is 2.15 bits per heavy atom. The normalized spacial score (nSPS) is 10.1. The topological polar surface area (TPSA) is 62.5 Å². The van der Waals surface area contributed by atoms with E-state index in [-0.39, 0.29) is 12.3 Å². The van der Waals surface area contributed by atoms with Crippen molar-refractivity contribution in [1.29, 1.82) is 0 Å². The van der Waals surface area contributed by atoms with E-state index in [2.05, 4.69) is 0 Å². The second kappa shape index (κ2) is 6.25. The molecule has 2 aromatic rings. The fraction of sp³-hybridized carbons (Fsp3) is 0.143. The molecule has 20 heavy (non-hydrogen) atoms. The quantitative estimate of drug-likeness (QED) is 0.493. The van der Waals surface area contributed by atoms with Crippen molar-refractivity contribution < 1.29 is 19.0 Å². The van der Waals surface area contributed by atoms with Gasteiger partial charge in [0.25, 0.3) is 0 Å². The van der Waals surface area contributed by atoms with E-state index in [4.69, 9.17) is 21.1 Å². The van der Waals surface area contributed by atoms with Gasteiger partial charge in [-0.05, 0) is 24.3 Å². The Labute approximate surface area is 120 Å². The largest absolute Gasteiger partial charge is 0.618 e. The van der Waals surface area contributed by atoms with Crippen LogP contribution in [0.1, 0.15) is 16.1 Å². The summed E-state index contributed by atoms with van der Waals surface area (Å²) in [5, 5.41) is 11.9. The SMILES string of the molecule is COc1ccc(Cl)cc1COC(=O)c1cccc[n+]1[O-]. The van der Waals surface area contributed by atoms with Crippen LogP contribution in [0, 0.1) is 5.21 Å². The third-order valence-corrected chi connectivity index (χ3v) is 2.87. The second-order valence-electron chi connectivity index (χ2n) is 3.94. The molecule has 5 nitrogen and oxygen atoms in total. The van der Waals surface area contributed by atoms with E-state index in [1.54, 1.807) is 24.3 Å². The van der Waals surface area contributed by atoms with Crippen molar-refractivity contribution in [3.63, 3.8) is 0 Å². The Bertz CT molecular complexity index is 630. The Hall–Kier alpha value is -2.27. The zero-order chi connectivity index (χ0) is 14.5. The molecule has 6 heteroatoms. The van der Waals surface area contributed by atoms with Gasteiger partial charge >= 0.3 is 11.7 Å². The number of nitrogens with zero attached hydrogens (tertiary/aromatic N) is 1. The minimum atomic E-state index is -0.706. The van der Waals surface area contributed by atoms with Crippen LogP contribution in [0.25, 0.3) is 0 Å². The Balaban J connectivity index is 2.11. The highest BCUT2D eigenvalue weighted by atomic mass is 35.5. The molecule has 0 saturated heterocycles. The van der Waals surface area contributed by atoms with Crippen molar-refractivity contribution in [3.8, 4) is 5.75 Å². The van der Waals surface area contributed by atoms with Crippen LogP contribution in [0.4, 0.5) is 0 Å². The molecule has 0 unspecified atom stereocenters. The third-order valence-electron chi connectivity index (χ3n) is 2.63. The highest BCUT2D eigenvalue weighted by Crippen LogP contribution is 2.23. The molecule has 0 spiro atoms. The summed E-state index contributed by atoms with van der Waals surface area (Å²) in [6.07, 6.45) is 1.23. The number of hydrogen-bond donors (Lipinski definition) is 0. The highest BCUT2D eigenvalue weighted by Gasteiger charge is 2.17. The number of pyridine rings is 1. The molecule has 0 radical (unpaired) electrons. The van der Waals surface area contributed by atoms with Gasteiger partial charge in [0.2, 0.25) is 0 Å². The van der Waals surface area contributed by atoms with Crippen LogP contribution in [0.3, 0.4) is 0 Å². The van der Waals surface area contributed by atoms with Crippen LogP contribution in [0.15, 0.2) is 42.6 Å². The van der Waals surface area contributed by atoms with Crippen molar-refractivity contribution >= 4 is 17.6 Å². The summed E-state index contributed by atoms with van der Waals surface area (Å²) < 4.78 is 10.7. The van der Waals surface area contributed by atoms with Gasteiger partial charge in [-0.25, -0.2) is 4.79 Å². The molecule has 0 fully saturated rings. The van der Waals surface area contributed by atoms with Crippen LogP contribution < -0.4 is 9.47 Å². The number of rotatable bonds is 4. The van der Waals surface area contributed by atoms with E-state index in [9.17, 15) is 10.0 Å². The van der Waals surface area contributed by atoms with Gasteiger partial charge in [0.05, 0.1) is 7.11 Å². The summed E-state index contributed by atoms with van der Waals surface area (Å²) in [5.41, 5.74) is 0.551. The fourth-order valence-electron chi connectivity index (χ4n) is 1.66. The molecule has 0 atom stereocenters. The van der Waals surface area contributed by atoms with Crippen LogP contribution in [0.5, 0.6) is 5.75 Å². The van der Waals surface area contributed by atoms with E-state index in [1.807, 2.05) is 0 Å². The smallest absolute Gasteiger partial charge is 0.405 e. The predicted octanol–water partition coefficient (Wildman–Crippen LogP) is 2.34. The maximum atomic E-state index is 11.8. The number of halogens is 1. The molecule has 104 valence electrons. The Morgan fingerprint density at radius 1 is 1.35 bits per heavy atom. The van der Waals surface area contributed by atoms with E-state index >= 15 is 0 Å². The molecule has 0 amide bonds. The molecule has 0 aliphatic heterocycles. The Kier molecular flexibility index (Phi) is 4.42. The standard InChI is InChI=1S/C14H12ClNO4/c1-19-13-6-5-11(15)8-10(13)9-20-14(17)12-4-2-3-7-16(12)18/h2-8H,9H2,1H3. The highest BCUT2D eigenvalue weighted by molar-refractivity contribution is 6.30. The molecule has 1 aromatic carbocycles. The van der Waals surface area contributed by atoms with E-state index in [0.717, 1.165) is 0 Å². The first kappa shape index (κ1) is 14.1. The molecule has 1 aromatic heterocycles. The van der Waals surface area contributed by atoms with E-state index < -0.39 is 5.97 Å². The monoisotopic (exact) mass is 293 g/mol. The summed E-state index contributed by atoms with van der Waals surface area (Å²) in [6.45, 7) is -0.0303. The van der Waals surface area contributed by atoms with Crippen LogP contribution in [0.2, 0.25) is 5.02 Å². The van der Waals surface area contributed by atoms with Crippen molar-refractivity contribution in [2.24, 2.45) is 0 Å². The number of hydrogen-bond acceptors (Lipinski definition) is 4. The lowest BCUT2D eigenvalue weighted by molar-refractivity contribution is -0.608. The summed E-state index contributed by atoms with van der Waals surface area (Å²) in [7, 11) is 1.51. The molecule has 0 aliphatic carbocycles. The van der Waals surface area contributed by atoms with Crippen LogP contribution in [-0.2, 0) is 11.3 Å². The number of ether oxygens (including phenoxy) is 2. The number of aromatic nitrogens is 1. The summed E-state index contributed by atoms with van der Waals surface area (Å²) in [4.78, 5) is 11.8. The van der Waals surface area contributed by atoms with Gasteiger partial charge in [-0.15, -0.1) is 0 Å². The Morgan fingerprint density at radius 3 is 2.85 bits per heavy atom. The molecule has 0 bridgehead atoms. The van der Waals surface area contributed by atoms with Gasteiger partial charge in [-0.1, -0.05) is 11.6 Å². The molecular formula is C14H12ClNO4. The van der Waals surface area contributed by atoms with Crippen molar-refractivity contribution in [3.05, 3.63) is 64.1 Å². The molecule has 0 aliphatic rings. The molecular weight excluding hydrogens is 282 g/mol. The summed E-state index contributed by atoms with van der Waals surface area (Å²) in [6, 6.07) is 9.51. The average molecular weight is 294 g/mol. The summed E-state index contributed by atoms with van der Waals surface area (Å²) in [5.74, 6) is -0.145. The minimum absolute atomic E-state index is 0.0303. The van der Waals surface area contributed by atoms with Crippen LogP contribution in [-0.4, -0.2) is 13.1 Å². The van der Waals surface area contributed by atoms with Gasteiger partial charge < -0.3 is 14.7 Å². The van der Waals surface area contributed by atoms with E-state index in [0.29, 0.717) is 21.1 Å². The maximum Gasteiger partial charge on any atom is 0.405 e. The van der Waals surface area contributed by atoms with Crippen molar-refractivity contribution in [2.45, 2.75) is 6.61 Å². The molecule has 2 rings (SSSR count). The van der Waals surface area contributed by atoms with Gasteiger partial charge in [-0.3, -0.25) is 0 Å². The van der Waals surface area contributed by atoms with Gasteiger partial charge in [0, 0.05) is 22.7 Å². The molecule has 1 heterocycles. The molecule has 0 N–H and O–H groups in total. The fourth-order valence-corrected chi connectivity index (χ4v) is 1.86. The number of methoxy groups -OCH3 is 1. The van der Waals surface area contributed by atoms with Gasteiger partial charge in [0.1, 0.15) is 12.4 Å². The van der Waals surface area contributed by atoms with Crippen LogP contribution >= 0.6 is 11.6 Å². The predicted molar refractivity (Wildman–Crippen MR) is 72.5 cm³/mol. The maximum absolute atomic E-state index is 11.8. The first-order chi connectivity index (χ1) is 9.61. The average Bonchev–Trinajstić information content (AvgIpc) is 2.45. The second-order valence-corrected chi connectivity index (χ2v) is 4.38. The lowest BCUT2D eigenvalue weighted by Crippen LogP contribution is -2.34. The molecule has 0 saturated carbocycles. The first-order valence-electron chi connectivity index (χ1n) is 5.79. The van der Waals surface area contributed by atoms with Crippen molar-refractivity contribution in [2.75, 3.05) is 7.11 Å². The van der Waals surface area contributed by atoms with E-state index in [1.165, 1.54) is 25.4 Å². The summed E-state index contributed by atoms with van der Waals surface area (Å²) >= 11 is 5.88. The van der Waals surface area contributed by atoms with Gasteiger partial charge in [0.15, 0.2) is 6.20 Å². The van der Waals surface area contributed by atoms with Crippen molar-refractivity contribution in [1.82, 2.24) is 0 Å². The number of carbonyl (C=O) groups is 1. The zero-order valence-electron chi connectivity index (χ0n) is 10.7.